The highest BCUT2D eigenvalue weighted by atomic mass is 35.6. The van der Waals surface area contributed by atoms with Gasteiger partial charge in [0.1, 0.15) is 5.69 Å². The Kier molecular flexibility index (Phi) is 6.91. The lowest BCUT2D eigenvalue weighted by Gasteiger charge is -2.11. The van der Waals surface area contributed by atoms with Crippen LogP contribution in [-0.4, -0.2) is 38.7 Å². The first-order valence-corrected chi connectivity index (χ1v) is 8.55. The van der Waals surface area contributed by atoms with Gasteiger partial charge < -0.3 is 9.30 Å². The summed E-state index contributed by atoms with van der Waals surface area (Å²) < 4.78 is 4.32. The highest BCUT2D eigenvalue weighted by Crippen LogP contribution is 2.31. The number of halogens is 3. The molecular weight excluding hydrogens is 357 g/mol. The largest absolute Gasteiger partial charge is 0.464 e. The molecule has 0 saturated heterocycles. The molecule has 1 atom stereocenters. The fourth-order valence-electron chi connectivity index (χ4n) is 1.70. The number of esters is 1. The molecule has 1 aromatic heterocycles. The van der Waals surface area contributed by atoms with Crippen LogP contribution in [0.4, 0.5) is 0 Å². The van der Waals surface area contributed by atoms with Crippen molar-refractivity contribution in [3.05, 3.63) is 23.5 Å². The first-order chi connectivity index (χ1) is 9.70. The topological polar surface area (TPSA) is 48.3 Å². The van der Waals surface area contributed by atoms with Crippen LogP contribution < -0.4 is 0 Å². The summed E-state index contributed by atoms with van der Waals surface area (Å²) in [6.07, 6.45) is 4.37. The Balaban J connectivity index is 3.07. The molecule has 21 heavy (non-hydrogen) atoms. The van der Waals surface area contributed by atoms with E-state index in [-0.39, 0.29) is 11.3 Å². The molecule has 1 unspecified atom stereocenters. The zero-order valence-corrected chi connectivity index (χ0v) is 14.9. The number of hydrogen-bond acceptors (Lipinski definition) is 4. The van der Waals surface area contributed by atoms with E-state index >= 15 is 0 Å². The van der Waals surface area contributed by atoms with E-state index in [4.69, 9.17) is 39.5 Å². The molecule has 1 heterocycles. The molecule has 1 aromatic rings. The van der Waals surface area contributed by atoms with Crippen molar-refractivity contribution in [1.29, 1.82) is 0 Å². The molecule has 0 saturated carbocycles. The SMILES string of the molecule is COC(=O)c1cc(C(=O)C(Cl)(Cl)Cl)cn1CCC(C)SC. The van der Waals surface area contributed by atoms with Gasteiger partial charge in [-0.2, -0.15) is 11.8 Å². The molecule has 0 amide bonds. The zero-order chi connectivity index (χ0) is 16.2. The number of aryl methyl sites for hydroxylation is 1. The number of aromatic nitrogens is 1. The van der Waals surface area contributed by atoms with Crippen molar-refractivity contribution in [3.8, 4) is 0 Å². The predicted molar refractivity (Wildman–Crippen MR) is 88.0 cm³/mol. The number of ketones is 1. The van der Waals surface area contributed by atoms with Gasteiger partial charge in [-0.05, 0) is 18.7 Å². The van der Waals surface area contributed by atoms with Crippen molar-refractivity contribution in [2.24, 2.45) is 0 Å². The maximum Gasteiger partial charge on any atom is 0.354 e. The molecule has 0 fully saturated rings. The van der Waals surface area contributed by atoms with Gasteiger partial charge in [-0.15, -0.1) is 0 Å². The summed E-state index contributed by atoms with van der Waals surface area (Å²) in [5.41, 5.74) is 0.440. The Morgan fingerprint density at radius 3 is 2.52 bits per heavy atom. The summed E-state index contributed by atoms with van der Waals surface area (Å²) in [6, 6.07) is 1.39. The Bertz CT molecular complexity index is 525. The second-order valence-corrected chi connectivity index (χ2v) is 8.02. The molecule has 8 heteroatoms. The molecule has 0 aliphatic carbocycles. The van der Waals surface area contributed by atoms with Crippen molar-refractivity contribution in [2.75, 3.05) is 13.4 Å². The van der Waals surface area contributed by atoms with E-state index in [9.17, 15) is 9.59 Å². The highest BCUT2D eigenvalue weighted by Gasteiger charge is 2.33. The molecular formula is C13H16Cl3NO3S. The number of hydrogen-bond donors (Lipinski definition) is 0. The first-order valence-electron chi connectivity index (χ1n) is 6.13. The van der Waals surface area contributed by atoms with Gasteiger partial charge in [-0.25, -0.2) is 4.79 Å². The lowest BCUT2D eigenvalue weighted by Crippen LogP contribution is -2.18. The van der Waals surface area contributed by atoms with Crippen molar-refractivity contribution < 1.29 is 14.3 Å². The number of thioether (sulfide) groups is 1. The Morgan fingerprint density at radius 1 is 1.43 bits per heavy atom. The van der Waals surface area contributed by atoms with Gasteiger partial charge in [0.25, 0.3) is 3.79 Å². The number of nitrogens with zero attached hydrogens (tertiary/aromatic N) is 1. The second kappa shape index (κ2) is 7.77. The third-order valence-corrected chi connectivity index (χ3v) is 4.55. The van der Waals surface area contributed by atoms with Crippen LogP contribution in [0.15, 0.2) is 12.3 Å². The lowest BCUT2D eigenvalue weighted by molar-refractivity contribution is 0.0588. The third kappa shape index (κ3) is 5.09. The van der Waals surface area contributed by atoms with E-state index in [2.05, 4.69) is 6.92 Å². The monoisotopic (exact) mass is 371 g/mol. The van der Waals surface area contributed by atoms with Crippen LogP contribution in [0.2, 0.25) is 0 Å². The minimum absolute atomic E-state index is 0.173. The molecule has 0 radical (unpaired) electrons. The Morgan fingerprint density at radius 2 is 2.05 bits per heavy atom. The van der Waals surface area contributed by atoms with E-state index in [1.807, 2.05) is 6.26 Å². The van der Waals surface area contributed by atoms with Crippen LogP contribution >= 0.6 is 46.6 Å². The smallest absolute Gasteiger partial charge is 0.354 e. The van der Waals surface area contributed by atoms with Crippen molar-refractivity contribution in [3.63, 3.8) is 0 Å². The van der Waals surface area contributed by atoms with Crippen LogP contribution in [0, 0.1) is 0 Å². The van der Waals surface area contributed by atoms with Crippen molar-refractivity contribution in [1.82, 2.24) is 4.57 Å². The summed E-state index contributed by atoms with van der Waals surface area (Å²) in [5.74, 6) is -1.20. The lowest BCUT2D eigenvalue weighted by atomic mass is 10.2. The van der Waals surface area contributed by atoms with Crippen LogP contribution in [0.5, 0.6) is 0 Å². The van der Waals surface area contributed by atoms with Crippen LogP contribution in [0.3, 0.4) is 0 Å². The maximum atomic E-state index is 12.0. The average Bonchev–Trinajstić information content (AvgIpc) is 2.85. The normalized spacial score (nSPS) is 13.0. The molecule has 0 spiro atoms. The fraction of sp³-hybridized carbons (Fsp3) is 0.538. The fourth-order valence-corrected chi connectivity index (χ4v) is 2.37. The number of methoxy groups -OCH3 is 1. The quantitative estimate of drug-likeness (QED) is 0.431. The standard InChI is InChI=1S/C13H16Cl3NO3S/c1-8(21-3)4-5-17-7-9(11(18)13(14,15)16)6-10(17)12(19)20-2/h6-8H,4-5H2,1-3H3. The van der Waals surface area contributed by atoms with E-state index in [1.54, 1.807) is 16.3 Å². The predicted octanol–water partition coefficient (Wildman–Crippen LogP) is 3.97. The van der Waals surface area contributed by atoms with Crippen molar-refractivity contribution in [2.45, 2.75) is 28.9 Å². The van der Waals surface area contributed by atoms with Gasteiger partial charge in [0.05, 0.1) is 7.11 Å². The van der Waals surface area contributed by atoms with Crippen LogP contribution in [0.1, 0.15) is 34.2 Å². The second-order valence-electron chi connectivity index (χ2n) is 4.46. The van der Waals surface area contributed by atoms with Gasteiger partial charge >= 0.3 is 5.97 Å². The summed E-state index contributed by atoms with van der Waals surface area (Å²) in [6.45, 7) is 2.65. The zero-order valence-electron chi connectivity index (χ0n) is 11.9. The molecule has 0 aliphatic heterocycles. The minimum atomic E-state index is -2.05. The molecule has 0 bridgehead atoms. The van der Waals surface area contributed by atoms with E-state index in [1.165, 1.54) is 19.4 Å². The van der Waals surface area contributed by atoms with Crippen LogP contribution in [-0.2, 0) is 11.3 Å². The number of rotatable bonds is 6. The average molecular weight is 373 g/mol. The maximum absolute atomic E-state index is 12.0. The van der Waals surface area contributed by atoms with E-state index in [0.29, 0.717) is 11.8 Å². The summed E-state index contributed by atoms with van der Waals surface area (Å²) >= 11 is 18.5. The minimum Gasteiger partial charge on any atom is -0.464 e. The van der Waals surface area contributed by atoms with Gasteiger partial charge in [-0.3, -0.25) is 4.79 Å². The summed E-state index contributed by atoms with van der Waals surface area (Å²) in [7, 11) is 1.28. The van der Waals surface area contributed by atoms with E-state index in [0.717, 1.165) is 6.42 Å². The molecule has 1 rings (SSSR count). The number of alkyl halides is 3. The van der Waals surface area contributed by atoms with Gasteiger partial charge in [0, 0.05) is 23.6 Å². The highest BCUT2D eigenvalue weighted by molar-refractivity contribution is 7.99. The number of carbonyl (C=O) groups is 2. The van der Waals surface area contributed by atoms with Gasteiger partial charge in [0.15, 0.2) is 0 Å². The first kappa shape index (κ1) is 18.7. The van der Waals surface area contributed by atoms with Crippen LogP contribution in [0.25, 0.3) is 0 Å². The van der Waals surface area contributed by atoms with E-state index < -0.39 is 15.5 Å². The van der Waals surface area contributed by atoms with Crippen molar-refractivity contribution >= 4 is 58.3 Å². The van der Waals surface area contributed by atoms with Gasteiger partial charge in [0.2, 0.25) is 5.78 Å². The number of carbonyl (C=O) groups excluding carboxylic acids is 2. The molecule has 118 valence electrons. The number of ether oxygens (including phenoxy) is 1. The summed E-state index contributed by atoms with van der Waals surface area (Å²) in [5, 5.41) is 0.422. The third-order valence-electron chi connectivity index (χ3n) is 2.99. The summed E-state index contributed by atoms with van der Waals surface area (Å²) in [4.78, 5) is 23.7. The molecule has 4 nitrogen and oxygen atoms in total. The molecule has 0 aliphatic rings. The Hall–Kier alpha value is -0.360. The number of Topliss-reactive ketones (excluding diaryl/α,β-unsaturated/α-hetero) is 1. The van der Waals surface area contributed by atoms with Gasteiger partial charge in [-0.1, -0.05) is 41.7 Å². The molecule has 0 aromatic carbocycles. The Labute approximate surface area is 143 Å². The molecule has 0 N–H and O–H groups in total.